The van der Waals surface area contributed by atoms with Crippen molar-refractivity contribution in [3.8, 4) is 11.3 Å². The Hall–Kier alpha value is -4.77. The van der Waals surface area contributed by atoms with Crippen LogP contribution < -0.4 is 4.90 Å². The second-order valence-electron chi connectivity index (χ2n) is 11.2. The van der Waals surface area contributed by atoms with E-state index in [0.717, 1.165) is 41.8 Å². The lowest BCUT2D eigenvalue weighted by Crippen LogP contribution is -2.30. The number of anilines is 1. The van der Waals surface area contributed by atoms with Crippen molar-refractivity contribution in [3.05, 3.63) is 98.0 Å². The maximum atomic E-state index is 13.5. The Bertz CT molecular complexity index is 1870. The van der Waals surface area contributed by atoms with Crippen molar-refractivity contribution in [1.29, 1.82) is 0 Å². The summed E-state index contributed by atoms with van der Waals surface area (Å²) in [4.78, 5) is 69.1. The Kier molecular flexibility index (Phi) is 8.28. The molecule has 1 aromatic heterocycles. The van der Waals surface area contributed by atoms with Gasteiger partial charge < -0.3 is 4.74 Å². The lowest BCUT2D eigenvalue weighted by molar-refractivity contribution is -0.384. The third-order valence-corrected chi connectivity index (χ3v) is 8.99. The van der Waals surface area contributed by atoms with Crippen molar-refractivity contribution < 1.29 is 28.8 Å². The van der Waals surface area contributed by atoms with Gasteiger partial charge in [0.1, 0.15) is 0 Å². The third-order valence-electron chi connectivity index (χ3n) is 8.53. The van der Waals surface area contributed by atoms with Gasteiger partial charge >= 0.3 is 5.97 Å². The van der Waals surface area contributed by atoms with E-state index in [2.05, 4.69) is 15.9 Å². The molecule has 3 aromatic carbocycles. The molecule has 1 aliphatic heterocycles. The van der Waals surface area contributed by atoms with E-state index in [-0.39, 0.29) is 40.5 Å². The van der Waals surface area contributed by atoms with Crippen LogP contribution >= 0.6 is 15.9 Å². The second-order valence-corrected chi connectivity index (χ2v) is 12.1. The van der Waals surface area contributed by atoms with Gasteiger partial charge in [-0.15, -0.1) is 0 Å². The fraction of sp³-hybridized carbons (Fsp3) is 0.265. The first-order chi connectivity index (χ1) is 21.7. The lowest BCUT2D eigenvalue weighted by atomic mass is 9.81. The maximum absolute atomic E-state index is 13.5. The van der Waals surface area contributed by atoms with E-state index in [9.17, 15) is 29.3 Å². The number of carbonyl (C=O) groups is 4. The Morgan fingerprint density at radius 1 is 1.00 bits per heavy atom. The molecular formula is C34H28BrN3O7. The number of fused-ring (bicyclic) bond motifs is 2. The van der Waals surface area contributed by atoms with Gasteiger partial charge in [-0.3, -0.25) is 29.4 Å². The highest BCUT2D eigenvalue weighted by molar-refractivity contribution is 9.10. The number of imide groups is 1. The molecule has 1 aliphatic carbocycles. The van der Waals surface area contributed by atoms with Gasteiger partial charge in [0, 0.05) is 33.1 Å². The number of esters is 1. The SMILES string of the molecule is CCc1cc(Br)cc2c(C(=O)OCC(=O)c3cccc([N+](=O)[O-])c3)cc(-c3ccc(N4C(=O)C5CCCCC5C4=O)cc3)nc12. The summed E-state index contributed by atoms with van der Waals surface area (Å²) in [5.41, 5.74) is 3.11. The molecule has 10 nitrogen and oxygen atoms in total. The molecule has 2 aliphatic rings. The molecule has 1 saturated heterocycles. The zero-order valence-electron chi connectivity index (χ0n) is 24.3. The van der Waals surface area contributed by atoms with Gasteiger partial charge in [-0.05, 0) is 55.2 Å². The van der Waals surface area contributed by atoms with Crippen LogP contribution in [0, 0.1) is 22.0 Å². The van der Waals surface area contributed by atoms with Crippen LogP contribution in [0.3, 0.4) is 0 Å². The van der Waals surface area contributed by atoms with E-state index in [1.54, 1.807) is 36.4 Å². The van der Waals surface area contributed by atoms with Crippen molar-refractivity contribution in [2.45, 2.75) is 39.0 Å². The number of ether oxygens (including phenoxy) is 1. The topological polar surface area (TPSA) is 137 Å². The summed E-state index contributed by atoms with van der Waals surface area (Å²) in [6.45, 7) is 1.37. The van der Waals surface area contributed by atoms with Crippen LogP contribution in [-0.2, 0) is 20.7 Å². The normalized spacial score (nSPS) is 17.8. The minimum absolute atomic E-state index is 0.0580. The number of nitrogens with zero attached hydrogens (tertiary/aromatic N) is 3. The molecule has 0 bridgehead atoms. The van der Waals surface area contributed by atoms with Gasteiger partial charge in [0.2, 0.25) is 17.6 Å². The van der Waals surface area contributed by atoms with Crippen LogP contribution in [0.4, 0.5) is 11.4 Å². The van der Waals surface area contributed by atoms with E-state index in [1.807, 2.05) is 13.0 Å². The predicted octanol–water partition coefficient (Wildman–Crippen LogP) is 6.85. The minimum Gasteiger partial charge on any atom is -0.454 e. The van der Waals surface area contributed by atoms with Gasteiger partial charge in [-0.2, -0.15) is 0 Å². The number of Topliss-reactive ketones (excluding diaryl/α,β-unsaturated/α-hetero) is 1. The van der Waals surface area contributed by atoms with Crippen molar-refractivity contribution >= 4 is 61.8 Å². The number of nitro benzene ring substituents is 1. The molecule has 2 fully saturated rings. The number of hydrogen-bond donors (Lipinski definition) is 0. The van der Waals surface area contributed by atoms with Crippen LogP contribution in [0.5, 0.6) is 0 Å². The highest BCUT2D eigenvalue weighted by atomic mass is 79.9. The summed E-state index contributed by atoms with van der Waals surface area (Å²) in [5, 5.41) is 11.6. The number of carbonyl (C=O) groups excluding carboxylic acids is 4. The minimum atomic E-state index is -0.755. The Morgan fingerprint density at radius 2 is 1.69 bits per heavy atom. The van der Waals surface area contributed by atoms with E-state index < -0.39 is 23.3 Å². The van der Waals surface area contributed by atoms with Crippen LogP contribution in [0.25, 0.3) is 22.2 Å². The molecule has 0 radical (unpaired) electrons. The molecule has 2 heterocycles. The molecule has 0 spiro atoms. The van der Waals surface area contributed by atoms with Crippen molar-refractivity contribution in [2.24, 2.45) is 11.8 Å². The molecule has 6 rings (SSSR count). The number of pyridine rings is 1. The molecule has 11 heteroatoms. The largest absolute Gasteiger partial charge is 0.454 e. The van der Waals surface area contributed by atoms with E-state index in [1.165, 1.54) is 23.1 Å². The number of aryl methyl sites for hydroxylation is 1. The van der Waals surface area contributed by atoms with Gasteiger partial charge in [0.25, 0.3) is 5.69 Å². The standard InChI is InChI=1S/C34H28BrN3O7/c1-2-19-14-22(35)16-27-28(34(42)45-18-30(39)21-6-5-7-24(15-21)38(43)44)17-29(36-31(19)27)20-10-12-23(13-11-20)37-32(40)25-8-3-4-9-26(25)33(37)41/h5-7,10-17,25-26H,2-4,8-9,18H2,1H3. The molecule has 2 atom stereocenters. The molecular weight excluding hydrogens is 642 g/mol. The summed E-state index contributed by atoms with van der Waals surface area (Å²) >= 11 is 3.51. The van der Waals surface area contributed by atoms with Crippen molar-refractivity contribution in [2.75, 3.05) is 11.5 Å². The second kappa shape index (κ2) is 12.3. The fourth-order valence-electron chi connectivity index (χ4n) is 6.23. The van der Waals surface area contributed by atoms with Gasteiger partial charge in [-0.25, -0.2) is 9.78 Å². The molecule has 1 saturated carbocycles. The summed E-state index contributed by atoms with van der Waals surface area (Å²) in [6.07, 6.45) is 3.99. The quantitative estimate of drug-likeness (QED) is 0.0653. The highest BCUT2D eigenvalue weighted by Crippen LogP contribution is 2.40. The first-order valence-corrected chi connectivity index (χ1v) is 15.5. The molecule has 2 amide bonds. The number of halogens is 1. The monoisotopic (exact) mass is 669 g/mol. The first kappa shape index (κ1) is 30.3. The Balaban J connectivity index is 1.31. The zero-order valence-corrected chi connectivity index (χ0v) is 25.9. The first-order valence-electron chi connectivity index (χ1n) is 14.7. The number of rotatable bonds is 8. The smallest absolute Gasteiger partial charge is 0.339 e. The summed E-state index contributed by atoms with van der Waals surface area (Å²) in [6, 6.07) is 17.5. The van der Waals surface area contributed by atoms with Gasteiger partial charge in [0.05, 0.1) is 39.2 Å². The third kappa shape index (κ3) is 5.75. The van der Waals surface area contributed by atoms with E-state index in [4.69, 9.17) is 9.72 Å². The highest BCUT2D eigenvalue weighted by Gasteiger charge is 2.48. The Morgan fingerprint density at radius 3 is 2.33 bits per heavy atom. The van der Waals surface area contributed by atoms with Gasteiger partial charge in [0.15, 0.2) is 6.61 Å². The molecule has 45 heavy (non-hydrogen) atoms. The number of non-ortho nitro benzene ring substituents is 1. The van der Waals surface area contributed by atoms with E-state index >= 15 is 0 Å². The Labute approximate surface area is 266 Å². The number of amides is 2. The number of hydrogen-bond acceptors (Lipinski definition) is 8. The number of benzene rings is 3. The van der Waals surface area contributed by atoms with Gasteiger partial charge in [-0.1, -0.05) is 60.0 Å². The van der Waals surface area contributed by atoms with Crippen LogP contribution in [-0.4, -0.2) is 40.1 Å². The molecule has 228 valence electrons. The maximum Gasteiger partial charge on any atom is 0.339 e. The average Bonchev–Trinajstić information content (AvgIpc) is 3.31. The van der Waals surface area contributed by atoms with Crippen LogP contribution in [0.2, 0.25) is 0 Å². The predicted molar refractivity (Wildman–Crippen MR) is 170 cm³/mol. The molecule has 2 unspecified atom stereocenters. The number of nitro groups is 1. The molecule has 0 N–H and O–H groups in total. The lowest BCUT2D eigenvalue weighted by Gasteiger charge is -2.19. The average molecular weight is 671 g/mol. The number of ketones is 1. The van der Waals surface area contributed by atoms with Crippen LogP contribution in [0.1, 0.15) is 58.9 Å². The number of aromatic nitrogens is 1. The van der Waals surface area contributed by atoms with Crippen molar-refractivity contribution in [3.63, 3.8) is 0 Å². The fourth-order valence-corrected chi connectivity index (χ4v) is 6.73. The van der Waals surface area contributed by atoms with Crippen molar-refractivity contribution in [1.82, 2.24) is 4.98 Å². The summed E-state index contributed by atoms with van der Waals surface area (Å²) in [5.74, 6) is -2.14. The van der Waals surface area contributed by atoms with E-state index in [0.29, 0.717) is 34.3 Å². The zero-order chi connectivity index (χ0) is 31.8. The molecule has 4 aromatic rings. The van der Waals surface area contributed by atoms with Crippen LogP contribution in [0.15, 0.2) is 71.2 Å². The summed E-state index contributed by atoms with van der Waals surface area (Å²) < 4.78 is 6.17. The summed E-state index contributed by atoms with van der Waals surface area (Å²) in [7, 11) is 0.